The largest absolute Gasteiger partial charge is 0.508 e. The van der Waals surface area contributed by atoms with Crippen molar-refractivity contribution in [2.24, 2.45) is 28.9 Å². The normalized spacial score (nSPS) is 14.3. The van der Waals surface area contributed by atoms with Crippen molar-refractivity contribution in [3.8, 4) is 5.75 Å². The molecule has 0 bridgehead atoms. The predicted molar refractivity (Wildman–Crippen MR) is 257 cm³/mol. The van der Waals surface area contributed by atoms with Gasteiger partial charge in [-0.2, -0.15) is 0 Å². The number of nitrogens with one attached hydrogen (secondary N) is 11. The Morgan fingerprint density at radius 2 is 1.01 bits per heavy atom. The van der Waals surface area contributed by atoms with E-state index < -0.39 is 121 Å². The Balaban J connectivity index is 3.41. The zero-order valence-electron chi connectivity index (χ0n) is 40.2. The fraction of sp³-hybridized carbons (Fsp3) is 0.605. The van der Waals surface area contributed by atoms with Gasteiger partial charge in [0.2, 0.25) is 41.4 Å². The van der Waals surface area contributed by atoms with E-state index in [2.05, 4.69) is 47.9 Å². The molecule has 0 aliphatic rings. The van der Waals surface area contributed by atoms with E-state index in [1.54, 1.807) is 13.8 Å². The molecule has 8 atom stereocenters. The third kappa shape index (κ3) is 25.2. The smallest absolute Gasteiger partial charge is 0.325 e. The van der Waals surface area contributed by atoms with Crippen LogP contribution < -0.4 is 70.8 Å². The van der Waals surface area contributed by atoms with Crippen LogP contribution in [-0.2, 0) is 49.6 Å². The lowest BCUT2D eigenvalue weighted by Crippen LogP contribution is -2.61. The van der Waals surface area contributed by atoms with Crippen molar-refractivity contribution < 1.29 is 63.6 Å². The maximum Gasteiger partial charge on any atom is 0.325 e. The van der Waals surface area contributed by atoms with Crippen LogP contribution in [0.5, 0.6) is 5.75 Å². The van der Waals surface area contributed by atoms with Crippen LogP contribution in [0.4, 0.5) is 0 Å². The van der Waals surface area contributed by atoms with Gasteiger partial charge in [0.15, 0.2) is 11.9 Å². The van der Waals surface area contributed by atoms with E-state index in [1.807, 2.05) is 0 Å². The number of guanidine groups is 2. The topological polar surface area (TPSA) is 495 Å². The molecule has 28 heteroatoms. The molecule has 0 unspecified atom stereocenters. The SMILES string of the molecule is CC(C)C[C@H](NC(=O)[C@H](Cc1ccc(O)cc1)NC(=O)[C@@H](N)CCCCN)C(=O)N[C@@H](CC(=O)O)C(=O)N[C@@H](CO)C(=O)N[C@@H](CCCNC(=N)N)C(=O)N[C@@H](CCCNC(=N)N)C(=O)N[C@@H](C)C(=O)O. The Morgan fingerprint density at radius 1 is 0.577 bits per heavy atom. The van der Waals surface area contributed by atoms with E-state index >= 15 is 0 Å². The van der Waals surface area contributed by atoms with Gasteiger partial charge in [-0.15, -0.1) is 0 Å². The first-order valence-corrected chi connectivity index (χ1v) is 23.0. The van der Waals surface area contributed by atoms with Crippen LogP contribution in [0.1, 0.15) is 84.1 Å². The molecule has 1 aromatic carbocycles. The van der Waals surface area contributed by atoms with Crippen LogP contribution in [0.3, 0.4) is 0 Å². The van der Waals surface area contributed by atoms with Gasteiger partial charge in [-0.25, -0.2) is 0 Å². The summed E-state index contributed by atoms with van der Waals surface area (Å²) in [5, 5.41) is 75.6. The molecule has 0 aliphatic carbocycles. The number of carboxylic acid groups (broad SMARTS) is 2. The Bertz CT molecular complexity index is 1970. The Hall–Kier alpha value is -7.33. The van der Waals surface area contributed by atoms with Gasteiger partial charge in [0, 0.05) is 19.5 Å². The molecule has 0 heterocycles. The minimum atomic E-state index is -1.92. The predicted octanol–water partition coefficient (Wildman–Crippen LogP) is -5.07. The monoisotopic (exact) mass is 1010 g/mol. The number of benzene rings is 1. The minimum Gasteiger partial charge on any atom is -0.508 e. The number of hydrogen-bond acceptors (Lipinski definition) is 15. The van der Waals surface area contributed by atoms with E-state index in [1.165, 1.54) is 31.2 Å². The summed E-state index contributed by atoms with van der Waals surface area (Å²) < 4.78 is 0. The lowest BCUT2D eigenvalue weighted by atomic mass is 10.00. The summed E-state index contributed by atoms with van der Waals surface area (Å²) in [6.45, 7) is 3.98. The highest BCUT2D eigenvalue weighted by Gasteiger charge is 2.35. The molecule has 1 rings (SSSR count). The van der Waals surface area contributed by atoms with Gasteiger partial charge in [-0.3, -0.25) is 54.0 Å². The summed E-state index contributed by atoms with van der Waals surface area (Å²) in [5.41, 5.74) is 22.8. The molecular formula is C43H73N15O13. The Labute approximate surface area is 410 Å². The Kier molecular flexibility index (Phi) is 28.2. The number of hydrogen-bond donors (Lipinski definition) is 19. The van der Waals surface area contributed by atoms with Crippen molar-refractivity contribution in [1.82, 2.24) is 47.9 Å². The number of unbranched alkanes of at least 4 members (excludes halogenated alkanes) is 1. The van der Waals surface area contributed by atoms with Crippen LogP contribution in [0, 0.1) is 16.7 Å². The Morgan fingerprint density at radius 3 is 1.49 bits per heavy atom. The number of aliphatic hydroxyl groups excluding tert-OH is 1. The fourth-order valence-electron chi connectivity index (χ4n) is 6.61. The van der Waals surface area contributed by atoms with E-state index in [9.17, 15) is 63.6 Å². The van der Waals surface area contributed by atoms with Gasteiger partial charge in [0.1, 0.15) is 48.0 Å². The highest BCUT2D eigenvalue weighted by atomic mass is 16.4. The van der Waals surface area contributed by atoms with E-state index in [4.69, 9.17) is 33.8 Å². The molecule has 7 amide bonds. The third-order valence-corrected chi connectivity index (χ3v) is 10.4. The molecule has 398 valence electrons. The van der Waals surface area contributed by atoms with Gasteiger partial charge in [-0.05, 0) is 82.0 Å². The average molecular weight is 1010 g/mol. The van der Waals surface area contributed by atoms with Crippen LogP contribution >= 0.6 is 0 Å². The van der Waals surface area contributed by atoms with Crippen molar-refractivity contribution >= 4 is 65.2 Å². The minimum absolute atomic E-state index is 0.0260. The molecule has 0 saturated carbocycles. The quantitative estimate of drug-likeness (QED) is 0.0174. The van der Waals surface area contributed by atoms with Crippen LogP contribution in [0.2, 0.25) is 0 Å². The van der Waals surface area contributed by atoms with Gasteiger partial charge in [0.25, 0.3) is 0 Å². The molecule has 0 radical (unpaired) electrons. The maximum atomic E-state index is 13.9. The summed E-state index contributed by atoms with van der Waals surface area (Å²) >= 11 is 0. The van der Waals surface area contributed by atoms with Crippen molar-refractivity contribution in [2.75, 3.05) is 26.2 Å². The first kappa shape index (κ1) is 61.7. The van der Waals surface area contributed by atoms with E-state index in [0.717, 1.165) is 0 Å². The first-order valence-electron chi connectivity index (χ1n) is 23.0. The molecule has 28 nitrogen and oxygen atoms in total. The summed E-state index contributed by atoms with van der Waals surface area (Å²) in [5.74, 6) is -11.0. The number of nitrogens with two attached hydrogens (primary N) is 4. The summed E-state index contributed by atoms with van der Waals surface area (Å²) in [6.07, 6.45) is 0.0836. The number of aromatic hydroxyl groups is 1. The number of phenols is 1. The lowest BCUT2D eigenvalue weighted by molar-refractivity contribution is -0.142. The summed E-state index contributed by atoms with van der Waals surface area (Å²) in [7, 11) is 0. The second-order valence-electron chi connectivity index (χ2n) is 17.1. The van der Waals surface area contributed by atoms with Crippen LogP contribution in [0.25, 0.3) is 0 Å². The number of aliphatic hydroxyl groups is 1. The number of rotatable bonds is 34. The highest BCUT2D eigenvalue weighted by Crippen LogP contribution is 2.14. The van der Waals surface area contributed by atoms with E-state index in [0.29, 0.717) is 24.9 Å². The summed E-state index contributed by atoms with van der Waals surface area (Å²) in [6, 6.07) is -6.06. The van der Waals surface area contributed by atoms with Crippen LogP contribution in [-0.4, -0.2) is 160 Å². The van der Waals surface area contributed by atoms with Gasteiger partial charge >= 0.3 is 11.9 Å². The van der Waals surface area contributed by atoms with Crippen LogP contribution in [0.15, 0.2) is 24.3 Å². The molecule has 1 aromatic rings. The molecule has 23 N–H and O–H groups in total. The van der Waals surface area contributed by atoms with Crippen molar-refractivity contribution in [3.63, 3.8) is 0 Å². The van der Waals surface area contributed by atoms with E-state index in [-0.39, 0.29) is 75.7 Å². The number of aliphatic carboxylic acids is 2. The number of amides is 7. The fourth-order valence-corrected chi connectivity index (χ4v) is 6.61. The molecule has 71 heavy (non-hydrogen) atoms. The standard InChI is InChI=1S/C43H73N15O13/c1-22(2)18-29(56-38(67)30(19-24-11-13-25(60)14-12-24)55-34(63)26(45)8-4-5-15-44)37(66)57-31(20-33(61)62)39(68)58-32(21-59)40(69)54-28(10-7-17-51-43(48)49)36(65)53-27(9-6-16-50-42(46)47)35(64)52-23(3)41(70)71/h11-14,22-23,26-32,59-60H,4-10,15-21,44-45H2,1-3H3,(H,52,64)(H,53,65)(H,54,69)(H,55,63)(H,56,67)(H,57,66)(H,58,68)(H,61,62)(H,70,71)(H4,46,47,50)(H4,48,49,51)/t23-,26-,27-,28-,29-,30-,31-,32-/m0/s1. The average Bonchev–Trinajstić information content (AvgIpc) is 3.29. The molecular weight excluding hydrogens is 935 g/mol. The number of phenolic OH excluding ortho intramolecular Hbond substituents is 1. The second kappa shape index (κ2) is 32.5. The number of carbonyl (C=O) groups excluding carboxylic acids is 7. The molecule has 0 fully saturated rings. The van der Waals surface area contributed by atoms with Crippen molar-refractivity contribution in [3.05, 3.63) is 29.8 Å². The molecule has 0 aromatic heterocycles. The maximum absolute atomic E-state index is 13.9. The molecule has 0 saturated heterocycles. The third-order valence-electron chi connectivity index (χ3n) is 10.4. The van der Waals surface area contributed by atoms with Gasteiger partial charge in [-0.1, -0.05) is 32.4 Å². The number of carbonyl (C=O) groups is 9. The molecule has 0 spiro atoms. The summed E-state index contributed by atoms with van der Waals surface area (Å²) in [4.78, 5) is 119. The zero-order valence-corrected chi connectivity index (χ0v) is 40.2. The van der Waals surface area contributed by atoms with Crippen molar-refractivity contribution in [2.45, 2.75) is 133 Å². The lowest BCUT2D eigenvalue weighted by Gasteiger charge is -2.27. The zero-order chi connectivity index (χ0) is 53.8. The number of carboxylic acids is 2. The van der Waals surface area contributed by atoms with Gasteiger partial charge < -0.3 is 91.2 Å². The first-order chi connectivity index (χ1) is 33.4. The van der Waals surface area contributed by atoms with Crippen molar-refractivity contribution in [1.29, 1.82) is 10.8 Å². The van der Waals surface area contributed by atoms with Gasteiger partial charge in [0.05, 0.1) is 19.1 Å². The second-order valence-corrected chi connectivity index (χ2v) is 17.1. The highest BCUT2D eigenvalue weighted by molar-refractivity contribution is 5.98. The molecule has 0 aliphatic heterocycles.